The van der Waals surface area contributed by atoms with Crippen molar-refractivity contribution in [2.45, 2.75) is 50.7 Å². The van der Waals surface area contributed by atoms with Crippen molar-refractivity contribution in [3.8, 4) is 28.0 Å². The van der Waals surface area contributed by atoms with Crippen LogP contribution in [-0.2, 0) is 49.1 Å². The summed E-state index contributed by atoms with van der Waals surface area (Å²) in [5, 5.41) is 31.0. The third-order valence-corrected chi connectivity index (χ3v) is 12.6. The Morgan fingerprint density at radius 3 is 1.60 bits per heavy atom. The number of hydrogen-bond acceptors (Lipinski definition) is 11. The fraction of sp³-hybridized carbons (Fsp3) is 0.208. The Hall–Kier alpha value is -7.26. The number of nitrogens with zero attached hydrogens (tertiary/aromatic N) is 2. The molecule has 0 amide bonds. The molecule has 3 heterocycles. The number of ether oxygens (including phenoxy) is 2. The van der Waals surface area contributed by atoms with Gasteiger partial charge in [-0.05, 0) is 54.8 Å². The maximum Gasteiger partial charge on any atom is 0.352 e. The van der Waals surface area contributed by atoms with E-state index in [-0.39, 0.29) is 29.1 Å². The number of H-pyrrole nitrogens is 3. The largest absolute Gasteiger partial charge is 0.486 e. The number of aromatic carboxylic acids is 2. The van der Waals surface area contributed by atoms with E-state index in [9.17, 15) is 45.4 Å². The number of para-hydroxylation sites is 2. The quantitative estimate of drug-likeness (QED) is 0.0532. The molecule has 20 heteroatoms. The summed E-state index contributed by atoms with van der Waals surface area (Å²) >= 11 is 0. The lowest BCUT2D eigenvalue weighted by molar-refractivity contribution is 0.0513. The molecule has 8 aromatic rings. The van der Waals surface area contributed by atoms with E-state index in [1.807, 2.05) is 50.2 Å². The number of hydrogen-bond donors (Lipinski definition) is 6. The van der Waals surface area contributed by atoms with Crippen LogP contribution in [0.3, 0.4) is 0 Å². The average Bonchev–Trinajstić information content (AvgIpc) is 4.05. The van der Waals surface area contributed by atoms with Crippen molar-refractivity contribution in [1.29, 1.82) is 0 Å². The molecule has 0 saturated carbocycles. The fourth-order valence-electron chi connectivity index (χ4n) is 7.85. The number of carboxylic acid groups (broad SMARTS) is 2. The van der Waals surface area contributed by atoms with E-state index in [1.54, 1.807) is 30.5 Å². The molecular formula is C48H46F2N6O10S2. The molecule has 2 unspecified atom stereocenters. The van der Waals surface area contributed by atoms with Gasteiger partial charge in [-0.25, -0.2) is 35.2 Å². The number of rotatable bonds is 16. The third kappa shape index (κ3) is 11.1. The molecule has 0 spiro atoms. The van der Waals surface area contributed by atoms with Crippen LogP contribution < -0.4 is 10.5 Å². The van der Waals surface area contributed by atoms with Gasteiger partial charge in [0.2, 0.25) is 0 Å². The van der Waals surface area contributed by atoms with Gasteiger partial charge in [0.15, 0.2) is 19.7 Å². The topological polar surface area (TPSA) is 261 Å². The Morgan fingerprint density at radius 2 is 1.19 bits per heavy atom. The average molecular weight is 969 g/mol. The van der Waals surface area contributed by atoms with Gasteiger partial charge in [0.1, 0.15) is 40.6 Å². The van der Waals surface area contributed by atoms with E-state index in [1.165, 1.54) is 30.3 Å². The lowest BCUT2D eigenvalue weighted by Crippen LogP contribution is -2.04. The first-order valence-electron chi connectivity index (χ1n) is 20.8. The van der Waals surface area contributed by atoms with Crippen LogP contribution in [0.4, 0.5) is 8.78 Å². The lowest BCUT2D eigenvalue weighted by Gasteiger charge is -2.16. The van der Waals surface area contributed by atoms with E-state index in [2.05, 4.69) is 25.4 Å². The molecule has 5 aromatic carbocycles. The summed E-state index contributed by atoms with van der Waals surface area (Å²) in [5.41, 5.74) is 10.9. The van der Waals surface area contributed by atoms with Crippen molar-refractivity contribution >= 4 is 53.4 Å². The van der Waals surface area contributed by atoms with Crippen molar-refractivity contribution in [3.05, 3.63) is 160 Å². The molecule has 0 aliphatic rings. The van der Waals surface area contributed by atoms with Gasteiger partial charge in [0.05, 0.1) is 41.4 Å². The highest BCUT2D eigenvalue weighted by atomic mass is 32.2. The van der Waals surface area contributed by atoms with Crippen LogP contribution in [0.2, 0.25) is 0 Å². The molecule has 0 fully saturated rings. The smallest absolute Gasteiger partial charge is 0.352 e. The SMILES string of the molecule is CC(OCc1cn[nH]n1)c1cccc2c(-c3ccc(CS(C)(=O)=O)c(F)c3)c(C(=O)O)[nH]c12.CC(Oc1ccc(CN)cc1)c1cccc2c(-c3ccc(CS(C)(=O)=O)c(F)c3)c(C(=O)O)[nH]c12. The first kappa shape index (κ1) is 48.7. The Bertz CT molecular complexity index is 3390. The number of nitrogens with two attached hydrogens (primary N) is 1. The van der Waals surface area contributed by atoms with Crippen molar-refractivity contribution < 1.29 is 54.9 Å². The van der Waals surface area contributed by atoms with E-state index >= 15 is 0 Å². The first-order chi connectivity index (χ1) is 32.2. The van der Waals surface area contributed by atoms with Gasteiger partial charge in [-0.15, -0.1) is 0 Å². The van der Waals surface area contributed by atoms with Crippen LogP contribution in [0.1, 0.15) is 80.5 Å². The minimum Gasteiger partial charge on any atom is -0.486 e. The van der Waals surface area contributed by atoms with Crippen molar-refractivity contribution in [2.75, 3.05) is 12.5 Å². The second kappa shape index (κ2) is 19.9. The van der Waals surface area contributed by atoms with Gasteiger partial charge < -0.3 is 35.4 Å². The highest BCUT2D eigenvalue weighted by Crippen LogP contribution is 2.39. The highest BCUT2D eigenvalue weighted by Gasteiger charge is 2.25. The lowest BCUT2D eigenvalue weighted by atomic mass is 9.98. The summed E-state index contributed by atoms with van der Waals surface area (Å²) in [5.74, 6) is -4.08. The van der Waals surface area contributed by atoms with Crippen LogP contribution in [0.5, 0.6) is 5.75 Å². The van der Waals surface area contributed by atoms with Gasteiger partial charge in [0.25, 0.3) is 0 Å². The van der Waals surface area contributed by atoms with Crippen LogP contribution in [-0.4, -0.2) is 76.9 Å². The number of benzene rings is 5. The summed E-state index contributed by atoms with van der Waals surface area (Å²) in [6.45, 7) is 4.32. The highest BCUT2D eigenvalue weighted by molar-refractivity contribution is 7.90. The predicted octanol–water partition coefficient (Wildman–Crippen LogP) is 8.43. The Balaban J connectivity index is 0.000000202. The number of halogens is 2. The molecule has 16 nitrogen and oxygen atoms in total. The zero-order chi connectivity index (χ0) is 49.1. The van der Waals surface area contributed by atoms with E-state index < -0.39 is 67.0 Å². The van der Waals surface area contributed by atoms with Crippen molar-refractivity contribution in [3.63, 3.8) is 0 Å². The van der Waals surface area contributed by atoms with E-state index in [0.29, 0.717) is 62.0 Å². The van der Waals surface area contributed by atoms with Gasteiger partial charge in [-0.3, -0.25) is 0 Å². The molecule has 0 aliphatic carbocycles. The normalized spacial score (nSPS) is 12.7. The second-order valence-corrected chi connectivity index (χ2v) is 20.5. The van der Waals surface area contributed by atoms with Crippen LogP contribution in [0.15, 0.2) is 103 Å². The number of aromatic nitrogens is 5. The molecule has 0 aliphatic heterocycles. The van der Waals surface area contributed by atoms with Crippen LogP contribution >= 0.6 is 0 Å². The molecule has 7 N–H and O–H groups in total. The Kier molecular flexibility index (Phi) is 14.3. The van der Waals surface area contributed by atoms with Gasteiger partial charge in [-0.1, -0.05) is 72.8 Å². The predicted molar refractivity (Wildman–Crippen MR) is 251 cm³/mol. The van der Waals surface area contributed by atoms with Gasteiger partial charge in [0, 0.05) is 63.2 Å². The fourth-order valence-corrected chi connectivity index (χ4v) is 9.45. The molecule has 68 heavy (non-hydrogen) atoms. The number of aromatic amines is 3. The summed E-state index contributed by atoms with van der Waals surface area (Å²) in [6, 6.07) is 26.2. The Morgan fingerprint density at radius 1 is 0.706 bits per heavy atom. The second-order valence-electron chi connectivity index (χ2n) is 16.2. The molecular weight excluding hydrogens is 923 g/mol. The minimum atomic E-state index is -3.43. The molecule has 3 aromatic heterocycles. The molecule has 354 valence electrons. The maximum atomic E-state index is 14.8. The van der Waals surface area contributed by atoms with E-state index in [0.717, 1.165) is 35.3 Å². The van der Waals surface area contributed by atoms with Crippen molar-refractivity contribution in [1.82, 2.24) is 25.4 Å². The van der Waals surface area contributed by atoms with Crippen LogP contribution in [0, 0.1) is 11.6 Å². The number of sulfone groups is 2. The molecule has 0 saturated heterocycles. The summed E-state index contributed by atoms with van der Waals surface area (Å²) in [6.07, 6.45) is 2.76. The summed E-state index contributed by atoms with van der Waals surface area (Å²) in [7, 11) is -6.85. The summed E-state index contributed by atoms with van der Waals surface area (Å²) < 4.78 is 87.7. The van der Waals surface area contributed by atoms with Crippen molar-refractivity contribution in [2.24, 2.45) is 5.73 Å². The monoisotopic (exact) mass is 968 g/mol. The van der Waals surface area contributed by atoms with Gasteiger partial charge >= 0.3 is 11.9 Å². The van der Waals surface area contributed by atoms with Crippen LogP contribution in [0.25, 0.3) is 44.1 Å². The zero-order valence-electron chi connectivity index (χ0n) is 37.0. The number of carbonyl (C=O) groups is 2. The summed E-state index contributed by atoms with van der Waals surface area (Å²) in [4.78, 5) is 30.0. The molecule has 0 bridgehead atoms. The minimum absolute atomic E-state index is 0.0218. The Labute approximate surface area is 389 Å². The number of carboxylic acids is 2. The first-order valence-corrected chi connectivity index (χ1v) is 24.9. The molecule has 2 atom stereocenters. The maximum absolute atomic E-state index is 14.8. The number of nitrogens with one attached hydrogen (secondary N) is 3. The molecule has 0 radical (unpaired) electrons. The van der Waals surface area contributed by atoms with E-state index in [4.69, 9.17) is 15.2 Å². The zero-order valence-corrected chi connectivity index (χ0v) is 38.6. The number of fused-ring (bicyclic) bond motifs is 2. The third-order valence-electron chi connectivity index (χ3n) is 11.0. The molecule has 8 rings (SSSR count). The van der Waals surface area contributed by atoms with Gasteiger partial charge in [-0.2, -0.15) is 15.4 Å². The standard InChI is InChI=1S/C26H25FN2O5S.C22H21FN4O5S/c1-15(34-19-10-6-16(13-28)7-11-19)20-4-3-5-21-23(25(26(30)31)29-24(20)21)17-8-9-18(22(27)12-17)14-35(2,32)33;1-12(32-10-15-9-24-27-26-15)16-4-3-5-17-19(21(22(28)29)25-20(16)17)13-6-7-14(18(23)8-13)11-33(2,30)31/h3-12,15,29H,13-14,28H2,1-2H3,(H,30,31);3-9,12,25H,10-11H2,1-2H3,(H,28,29)(H,24,26,27).